The van der Waals surface area contributed by atoms with Gasteiger partial charge in [0.25, 0.3) is 0 Å². The number of rotatable bonds is 7. The molecule has 1 atom stereocenters. The first-order valence-electron chi connectivity index (χ1n) is 8.97. The van der Waals surface area contributed by atoms with E-state index in [9.17, 15) is 5.11 Å². The predicted molar refractivity (Wildman–Crippen MR) is 117 cm³/mol. The van der Waals surface area contributed by atoms with Gasteiger partial charge in [-0.05, 0) is 30.5 Å². The number of aliphatic imine (C=N–C) groups is 1. The molecule has 1 saturated heterocycles. The van der Waals surface area contributed by atoms with Crippen molar-refractivity contribution in [1.29, 1.82) is 0 Å². The maximum absolute atomic E-state index is 9.35. The van der Waals surface area contributed by atoms with E-state index in [1.807, 2.05) is 35.1 Å². The molecule has 3 rings (SSSR count). The first-order chi connectivity index (χ1) is 12.8. The van der Waals surface area contributed by atoms with Crippen molar-refractivity contribution >= 4 is 29.9 Å². The molecule has 1 aromatic carbocycles. The van der Waals surface area contributed by atoms with Gasteiger partial charge in [-0.15, -0.1) is 24.0 Å². The van der Waals surface area contributed by atoms with Crippen LogP contribution in [0.4, 0.5) is 0 Å². The first kappa shape index (κ1) is 21.6. The van der Waals surface area contributed by atoms with Crippen molar-refractivity contribution in [3.63, 3.8) is 0 Å². The van der Waals surface area contributed by atoms with Gasteiger partial charge in [-0.3, -0.25) is 4.99 Å². The highest BCUT2D eigenvalue weighted by molar-refractivity contribution is 14.0. The van der Waals surface area contributed by atoms with Crippen molar-refractivity contribution in [2.75, 3.05) is 33.4 Å². The molecule has 8 heteroatoms. The van der Waals surface area contributed by atoms with Crippen molar-refractivity contribution in [3.8, 4) is 5.69 Å². The lowest BCUT2D eigenvalue weighted by Gasteiger charge is -2.27. The average molecular weight is 485 g/mol. The van der Waals surface area contributed by atoms with Crippen molar-refractivity contribution in [2.45, 2.75) is 19.4 Å². The lowest BCUT2D eigenvalue weighted by atomic mass is 9.84. The number of benzene rings is 1. The van der Waals surface area contributed by atoms with E-state index in [4.69, 9.17) is 4.74 Å². The third kappa shape index (κ3) is 5.66. The van der Waals surface area contributed by atoms with Gasteiger partial charge in [0.05, 0.1) is 12.3 Å². The summed E-state index contributed by atoms with van der Waals surface area (Å²) in [6, 6.07) is 10.1. The molecule has 2 aromatic rings. The number of para-hydroxylation sites is 1. The number of hydrogen-bond donors (Lipinski definition) is 3. The molecular formula is C19H28IN5O2. The van der Waals surface area contributed by atoms with Crippen molar-refractivity contribution in [1.82, 2.24) is 20.4 Å². The SMILES string of the molecule is CN=C(NCc1ccccc1-n1cccn1)NCC1(CCO)CCOC1.I. The van der Waals surface area contributed by atoms with Crippen molar-refractivity contribution in [3.05, 3.63) is 48.3 Å². The second-order valence-electron chi connectivity index (χ2n) is 6.63. The fraction of sp³-hybridized carbons (Fsp3) is 0.474. The molecule has 0 aliphatic carbocycles. The summed E-state index contributed by atoms with van der Waals surface area (Å²) in [5, 5.41) is 20.4. The Kier molecular flexibility index (Phi) is 8.52. The van der Waals surface area contributed by atoms with E-state index in [-0.39, 0.29) is 36.0 Å². The van der Waals surface area contributed by atoms with E-state index in [1.54, 1.807) is 13.2 Å². The Morgan fingerprint density at radius 1 is 1.33 bits per heavy atom. The van der Waals surface area contributed by atoms with E-state index in [0.29, 0.717) is 13.2 Å². The quantitative estimate of drug-likeness (QED) is 0.317. The van der Waals surface area contributed by atoms with Gasteiger partial charge in [0, 0.05) is 51.2 Å². The summed E-state index contributed by atoms with van der Waals surface area (Å²) in [6.45, 7) is 2.98. The third-order valence-corrected chi connectivity index (χ3v) is 4.87. The maximum atomic E-state index is 9.35. The average Bonchev–Trinajstić information content (AvgIpc) is 3.35. The van der Waals surface area contributed by atoms with Crippen LogP contribution in [-0.2, 0) is 11.3 Å². The van der Waals surface area contributed by atoms with Crippen LogP contribution in [0, 0.1) is 5.41 Å². The molecule has 3 N–H and O–H groups in total. The Balaban J connectivity index is 0.00000261. The molecule has 0 amide bonds. The van der Waals surface area contributed by atoms with Crippen molar-refractivity contribution < 1.29 is 9.84 Å². The molecular weight excluding hydrogens is 457 g/mol. The molecule has 1 unspecified atom stereocenters. The highest BCUT2D eigenvalue weighted by Gasteiger charge is 2.34. The van der Waals surface area contributed by atoms with Crippen molar-refractivity contribution in [2.24, 2.45) is 10.4 Å². The summed E-state index contributed by atoms with van der Waals surface area (Å²) in [4.78, 5) is 4.32. The van der Waals surface area contributed by atoms with E-state index < -0.39 is 0 Å². The minimum atomic E-state index is -0.0145. The molecule has 27 heavy (non-hydrogen) atoms. The molecule has 1 fully saturated rings. The number of nitrogens with one attached hydrogen (secondary N) is 2. The third-order valence-electron chi connectivity index (χ3n) is 4.87. The monoisotopic (exact) mass is 485 g/mol. The summed E-state index contributed by atoms with van der Waals surface area (Å²) < 4.78 is 7.40. The molecule has 1 aromatic heterocycles. The molecule has 0 saturated carbocycles. The van der Waals surface area contributed by atoms with Gasteiger partial charge in [0.15, 0.2) is 5.96 Å². The molecule has 2 heterocycles. The summed E-state index contributed by atoms with van der Waals surface area (Å²) in [6.07, 6.45) is 5.40. The summed E-state index contributed by atoms with van der Waals surface area (Å²) in [5.41, 5.74) is 2.16. The molecule has 0 bridgehead atoms. The number of halogens is 1. The largest absolute Gasteiger partial charge is 0.396 e. The van der Waals surface area contributed by atoms with Gasteiger partial charge in [-0.25, -0.2) is 4.68 Å². The molecule has 1 aliphatic heterocycles. The highest BCUT2D eigenvalue weighted by atomic mass is 127. The predicted octanol–water partition coefficient (Wildman–Crippen LogP) is 1.94. The summed E-state index contributed by atoms with van der Waals surface area (Å²) in [7, 11) is 1.76. The van der Waals surface area contributed by atoms with Gasteiger partial charge in [-0.2, -0.15) is 5.10 Å². The van der Waals surface area contributed by atoms with Crippen LogP contribution in [0.2, 0.25) is 0 Å². The van der Waals surface area contributed by atoms with Crippen LogP contribution in [-0.4, -0.2) is 54.3 Å². The topological polar surface area (TPSA) is 83.7 Å². The number of guanidine groups is 1. The molecule has 1 aliphatic rings. The Morgan fingerprint density at radius 3 is 2.85 bits per heavy atom. The Morgan fingerprint density at radius 2 is 2.19 bits per heavy atom. The standard InChI is InChI=1S/C19H27N5O2.HI/c1-20-18(22-14-19(7-11-25)8-12-26-15-19)21-13-16-5-2-3-6-17(16)24-10-4-9-23-24;/h2-6,9-10,25H,7-8,11-15H2,1H3,(H2,20,21,22);1H. The molecule has 0 spiro atoms. The first-order valence-corrected chi connectivity index (χ1v) is 8.97. The number of hydrogen-bond acceptors (Lipinski definition) is 4. The second kappa shape index (κ2) is 10.6. The van der Waals surface area contributed by atoms with Gasteiger partial charge in [-0.1, -0.05) is 18.2 Å². The summed E-state index contributed by atoms with van der Waals surface area (Å²) >= 11 is 0. The van der Waals surface area contributed by atoms with Crippen LogP contribution in [0.25, 0.3) is 5.69 Å². The normalized spacial score (nSPS) is 19.6. The lowest BCUT2D eigenvalue weighted by molar-refractivity contribution is 0.127. The van der Waals surface area contributed by atoms with E-state index in [1.165, 1.54) is 0 Å². The Labute approximate surface area is 177 Å². The molecule has 148 valence electrons. The second-order valence-corrected chi connectivity index (χ2v) is 6.63. The maximum Gasteiger partial charge on any atom is 0.191 e. The minimum Gasteiger partial charge on any atom is -0.396 e. The Hall–Kier alpha value is -1.65. The fourth-order valence-corrected chi connectivity index (χ4v) is 3.28. The minimum absolute atomic E-state index is 0. The van der Waals surface area contributed by atoms with Crippen LogP contribution in [0.5, 0.6) is 0 Å². The Bertz CT molecular complexity index is 715. The van der Waals surface area contributed by atoms with Crippen LogP contribution in [0.15, 0.2) is 47.7 Å². The molecule has 0 radical (unpaired) electrons. The van der Waals surface area contributed by atoms with Crippen LogP contribution in [0.1, 0.15) is 18.4 Å². The zero-order chi connectivity index (χ0) is 18.2. The summed E-state index contributed by atoms with van der Waals surface area (Å²) in [5.74, 6) is 0.740. The smallest absolute Gasteiger partial charge is 0.191 e. The van der Waals surface area contributed by atoms with Gasteiger partial charge >= 0.3 is 0 Å². The van der Waals surface area contributed by atoms with Crippen LogP contribution in [0.3, 0.4) is 0 Å². The van der Waals surface area contributed by atoms with Gasteiger partial charge in [0.2, 0.25) is 0 Å². The van der Waals surface area contributed by atoms with E-state index >= 15 is 0 Å². The van der Waals surface area contributed by atoms with E-state index in [0.717, 1.165) is 43.2 Å². The van der Waals surface area contributed by atoms with Gasteiger partial charge in [0.1, 0.15) is 0 Å². The van der Waals surface area contributed by atoms with E-state index in [2.05, 4.69) is 26.8 Å². The molecule has 7 nitrogen and oxygen atoms in total. The van der Waals surface area contributed by atoms with Gasteiger partial charge < -0.3 is 20.5 Å². The number of aliphatic hydroxyl groups excluding tert-OH is 1. The van der Waals surface area contributed by atoms with Crippen LogP contribution >= 0.6 is 24.0 Å². The fourth-order valence-electron chi connectivity index (χ4n) is 3.28. The number of aliphatic hydroxyl groups is 1. The highest BCUT2D eigenvalue weighted by Crippen LogP contribution is 2.31. The number of nitrogens with zero attached hydrogens (tertiary/aromatic N) is 3. The van der Waals surface area contributed by atoms with Crippen LogP contribution < -0.4 is 10.6 Å². The number of ether oxygens (including phenoxy) is 1. The zero-order valence-corrected chi connectivity index (χ0v) is 17.9. The zero-order valence-electron chi connectivity index (χ0n) is 15.6. The number of aromatic nitrogens is 2. The lowest BCUT2D eigenvalue weighted by Crippen LogP contribution is -2.44.